The number of nitrogens with zero attached hydrogens (tertiary/aromatic N) is 1. The van der Waals surface area contributed by atoms with Crippen LogP contribution in [0.1, 0.15) is 12.5 Å². The number of halogens is 1. The van der Waals surface area contributed by atoms with Crippen LogP contribution in [0, 0.1) is 5.82 Å². The van der Waals surface area contributed by atoms with Crippen molar-refractivity contribution >= 4 is 17.5 Å². The van der Waals surface area contributed by atoms with Crippen molar-refractivity contribution in [3.05, 3.63) is 59.9 Å². The van der Waals surface area contributed by atoms with Crippen LogP contribution in [0.4, 0.5) is 10.1 Å². The Morgan fingerprint density at radius 3 is 2.60 bits per heavy atom. The van der Waals surface area contributed by atoms with E-state index in [-0.39, 0.29) is 24.8 Å². The van der Waals surface area contributed by atoms with Gasteiger partial charge in [-0.05, 0) is 30.7 Å². The number of carbonyl (C=O) groups excluding carboxylic acids is 2. The molecule has 0 aliphatic heterocycles. The van der Waals surface area contributed by atoms with Gasteiger partial charge >= 0.3 is 0 Å². The highest BCUT2D eigenvalue weighted by Gasteiger charge is 2.17. The Balaban J connectivity index is 1.97. The molecule has 5 nitrogen and oxygen atoms in total. The van der Waals surface area contributed by atoms with E-state index >= 15 is 0 Å². The lowest BCUT2D eigenvalue weighted by molar-refractivity contribution is -0.133. The zero-order valence-corrected chi connectivity index (χ0v) is 14.3. The third-order valence-electron chi connectivity index (χ3n) is 3.72. The molecule has 0 spiro atoms. The quantitative estimate of drug-likeness (QED) is 0.840. The van der Waals surface area contributed by atoms with Gasteiger partial charge in [-0.25, -0.2) is 4.39 Å². The van der Waals surface area contributed by atoms with Crippen molar-refractivity contribution in [1.29, 1.82) is 0 Å². The molecule has 2 amide bonds. The van der Waals surface area contributed by atoms with Crippen LogP contribution in [-0.2, 0) is 16.0 Å². The molecule has 132 valence electrons. The van der Waals surface area contributed by atoms with E-state index in [4.69, 9.17) is 4.74 Å². The van der Waals surface area contributed by atoms with Crippen LogP contribution in [0.25, 0.3) is 0 Å². The molecule has 0 atom stereocenters. The molecule has 0 unspecified atom stereocenters. The van der Waals surface area contributed by atoms with Gasteiger partial charge in [-0.3, -0.25) is 9.59 Å². The maximum Gasteiger partial charge on any atom is 0.243 e. The van der Waals surface area contributed by atoms with Gasteiger partial charge in [0.25, 0.3) is 0 Å². The average Bonchev–Trinajstić information content (AvgIpc) is 2.61. The fourth-order valence-electron chi connectivity index (χ4n) is 2.37. The normalized spacial score (nSPS) is 10.2. The number of likely N-dealkylation sites (N-methyl/N-ethyl adjacent to an activating group) is 1. The number of rotatable bonds is 7. The molecule has 0 saturated heterocycles. The highest BCUT2D eigenvalue weighted by Crippen LogP contribution is 2.16. The van der Waals surface area contributed by atoms with E-state index in [9.17, 15) is 14.0 Å². The van der Waals surface area contributed by atoms with Crippen LogP contribution < -0.4 is 10.1 Å². The van der Waals surface area contributed by atoms with E-state index in [1.165, 1.54) is 11.0 Å². The predicted octanol–water partition coefficient (Wildman–Crippen LogP) is 2.86. The van der Waals surface area contributed by atoms with Gasteiger partial charge < -0.3 is 15.0 Å². The summed E-state index contributed by atoms with van der Waals surface area (Å²) < 4.78 is 18.8. The van der Waals surface area contributed by atoms with Gasteiger partial charge in [0.2, 0.25) is 11.8 Å². The lowest BCUT2D eigenvalue weighted by Gasteiger charge is -2.20. The summed E-state index contributed by atoms with van der Waals surface area (Å²) in [4.78, 5) is 25.9. The smallest absolute Gasteiger partial charge is 0.243 e. The number of benzene rings is 2. The second-order valence-corrected chi connectivity index (χ2v) is 5.46. The molecule has 0 bridgehead atoms. The minimum absolute atomic E-state index is 0.0764. The molecule has 6 heteroatoms. The molecule has 2 aromatic rings. The van der Waals surface area contributed by atoms with Crippen LogP contribution in [0.15, 0.2) is 48.5 Å². The van der Waals surface area contributed by atoms with Crippen molar-refractivity contribution in [2.75, 3.05) is 25.5 Å². The molecule has 1 N–H and O–H groups in total. The fraction of sp³-hybridized carbons (Fsp3) is 0.263. The standard InChI is InChI=1S/C19H21FN2O3/c1-3-22(19(24)11-14-7-4-5-10-17(14)20)13-18(23)21-15-8-6-9-16(12-15)25-2/h4-10,12H,3,11,13H2,1-2H3,(H,21,23). The van der Waals surface area contributed by atoms with Gasteiger partial charge in [-0.1, -0.05) is 24.3 Å². The first-order valence-corrected chi connectivity index (χ1v) is 7.98. The molecule has 0 aliphatic rings. The molecule has 2 rings (SSSR count). The van der Waals surface area contributed by atoms with E-state index in [1.807, 2.05) is 0 Å². The predicted molar refractivity (Wildman–Crippen MR) is 94.0 cm³/mol. The maximum absolute atomic E-state index is 13.7. The van der Waals surface area contributed by atoms with Crippen LogP contribution in [0.5, 0.6) is 5.75 Å². The van der Waals surface area contributed by atoms with Gasteiger partial charge in [0, 0.05) is 18.3 Å². The zero-order valence-electron chi connectivity index (χ0n) is 14.3. The van der Waals surface area contributed by atoms with Crippen molar-refractivity contribution in [2.24, 2.45) is 0 Å². The van der Waals surface area contributed by atoms with Gasteiger partial charge in [-0.2, -0.15) is 0 Å². The fourth-order valence-corrected chi connectivity index (χ4v) is 2.37. The number of ether oxygens (including phenoxy) is 1. The SMILES string of the molecule is CCN(CC(=O)Nc1cccc(OC)c1)C(=O)Cc1ccccc1F. The Morgan fingerprint density at radius 2 is 1.92 bits per heavy atom. The second kappa shape index (κ2) is 8.82. The van der Waals surface area contributed by atoms with Gasteiger partial charge in [0.1, 0.15) is 11.6 Å². The first kappa shape index (κ1) is 18.4. The summed E-state index contributed by atoms with van der Waals surface area (Å²) >= 11 is 0. The lowest BCUT2D eigenvalue weighted by atomic mass is 10.1. The maximum atomic E-state index is 13.7. The van der Waals surface area contributed by atoms with Crippen molar-refractivity contribution < 1.29 is 18.7 Å². The highest BCUT2D eigenvalue weighted by molar-refractivity contribution is 5.94. The molecule has 0 radical (unpaired) electrons. The number of methoxy groups -OCH3 is 1. The molecule has 0 aliphatic carbocycles. The molecular formula is C19H21FN2O3. The van der Waals surface area contributed by atoms with Crippen LogP contribution in [-0.4, -0.2) is 36.9 Å². The van der Waals surface area contributed by atoms with Crippen LogP contribution >= 0.6 is 0 Å². The summed E-state index contributed by atoms with van der Waals surface area (Å²) in [7, 11) is 1.54. The summed E-state index contributed by atoms with van der Waals surface area (Å²) in [5.41, 5.74) is 0.904. The van der Waals surface area contributed by atoms with E-state index in [0.29, 0.717) is 23.5 Å². The largest absolute Gasteiger partial charge is 0.497 e. The average molecular weight is 344 g/mol. The van der Waals surface area contributed by atoms with Gasteiger partial charge in [0.05, 0.1) is 20.1 Å². The van der Waals surface area contributed by atoms with Crippen molar-refractivity contribution in [1.82, 2.24) is 4.90 Å². The zero-order chi connectivity index (χ0) is 18.2. The molecule has 0 heterocycles. The third-order valence-corrected chi connectivity index (χ3v) is 3.72. The Hall–Kier alpha value is -2.89. The van der Waals surface area contributed by atoms with E-state index in [1.54, 1.807) is 56.5 Å². The first-order chi connectivity index (χ1) is 12.0. The third kappa shape index (κ3) is 5.31. The van der Waals surface area contributed by atoms with Crippen LogP contribution in [0.2, 0.25) is 0 Å². The molecule has 0 fully saturated rings. The number of anilines is 1. The topological polar surface area (TPSA) is 58.6 Å². The van der Waals surface area contributed by atoms with E-state index in [0.717, 1.165) is 0 Å². The highest BCUT2D eigenvalue weighted by atomic mass is 19.1. The van der Waals surface area contributed by atoms with Crippen molar-refractivity contribution in [3.63, 3.8) is 0 Å². The van der Waals surface area contributed by atoms with E-state index < -0.39 is 5.82 Å². The Bertz CT molecular complexity index is 749. The summed E-state index contributed by atoms with van der Waals surface area (Å²) in [5, 5.41) is 2.72. The number of hydrogen-bond acceptors (Lipinski definition) is 3. The monoisotopic (exact) mass is 344 g/mol. The van der Waals surface area contributed by atoms with Crippen molar-refractivity contribution in [3.8, 4) is 5.75 Å². The first-order valence-electron chi connectivity index (χ1n) is 7.98. The molecule has 0 aromatic heterocycles. The van der Waals surface area contributed by atoms with Crippen LogP contribution in [0.3, 0.4) is 0 Å². The molecule has 25 heavy (non-hydrogen) atoms. The summed E-state index contributed by atoms with van der Waals surface area (Å²) in [5.74, 6) is -0.418. The minimum atomic E-state index is -0.423. The second-order valence-electron chi connectivity index (χ2n) is 5.46. The van der Waals surface area contributed by atoms with Gasteiger partial charge in [0.15, 0.2) is 0 Å². The molecule has 0 saturated carbocycles. The van der Waals surface area contributed by atoms with Gasteiger partial charge in [-0.15, -0.1) is 0 Å². The number of nitrogens with one attached hydrogen (secondary N) is 1. The molecular weight excluding hydrogens is 323 g/mol. The number of carbonyl (C=O) groups is 2. The Morgan fingerprint density at radius 1 is 1.16 bits per heavy atom. The summed E-state index contributed by atoms with van der Waals surface area (Å²) in [6.07, 6.45) is -0.0764. The summed E-state index contributed by atoms with van der Waals surface area (Å²) in [6.45, 7) is 2.04. The summed E-state index contributed by atoms with van der Waals surface area (Å²) in [6, 6.07) is 13.1. The lowest BCUT2D eigenvalue weighted by Crippen LogP contribution is -2.38. The minimum Gasteiger partial charge on any atom is -0.497 e. The Kier molecular flexibility index (Phi) is 6.51. The molecule has 2 aromatic carbocycles. The Labute approximate surface area is 146 Å². The van der Waals surface area contributed by atoms with Crippen molar-refractivity contribution in [2.45, 2.75) is 13.3 Å². The van der Waals surface area contributed by atoms with E-state index in [2.05, 4.69) is 5.32 Å². The number of amides is 2. The number of hydrogen-bond donors (Lipinski definition) is 1.